The molecule has 0 aliphatic rings. The second kappa shape index (κ2) is 6.65. The second-order valence-corrected chi connectivity index (χ2v) is 5.81. The SMILES string of the molecule is CC(C)C(Cc1ccc([N+](=O)[O-])cc1[N+](=O)[O-])C(C)Cl. The third-order valence-electron chi connectivity index (χ3n) is 3.38. The van der Waals surface area contributed by atoms with Gasteiger partial charge in [0.15, 0.2) is 0 Å². The minimum absolute atomic E-state index is 0.0665. The van der Waals surface area contributed by atoms with E-state index in [4.69, 9.17) is 11.6 Å². The number of non-ortho nitro benzene ring substituents is 1. The molecule has 0 aliphatic carbocycles. The molecule has 6 nitrogen and oxygen atoms in total. The summed E-state index contributed by atoms with van der Waals surface area (Å²) in [4.78, 5) is 20.5. The maximum atomic E-state index is 11.1. The molecular weight excluding hydrogens is 284 g/mol. The van der Waals surface area contributed by atoms with Gasteiger partial charge in [0.1, 0.15) is 0 Å². The van der Waals surface area contributed by atoms with Gasteiger partial charge in [0.05, 0.1) is 15.9 Å². The highest BCUT2D eigenvalue weighted by atomic mass is 35.5. The molecular formula is C13H17ClN2O4. The van der Waals surface area contributed by atoms with Gasteiger partial charge >= 0.3 is 0 Å². The van der Waals surface area contributed by atoms with Gasteiger partial charge in [-0.2, -0.15) is 0 Å². The number of nitro benzene ring substituents is 2. The lowest BCUT2D eigenvalue weighted by molar-refractivity contribution is -0.394. The minimum Gasteiger partial charge on any atom is -0.258 e. The minimum atomic E-state index is -0.638. The number of alkyl halides is 1. The first-order valence-electron chi connectivity index (χ1n) is 6.29. The molecule has 0 aromatic heterocycles. The lowest BCUT2D eigenvalue weighted by Crippen LogP contribution is -2.21. The molecule has 1 rings (SSSR count). The van der Waals surface area contributed by atoms with Crippen molar-refractivity contribution in [3.8, 4) is 0 Å². The quantitative estimate of drug-likeness (QED) is 0.452. The van der Waals surface area contributed by atoms with E-state index in [-0.39, 0.29) is 28.6 Å². The summed E-state index contributed by atoms with van der Waals surface area (Å²) in [5.41, 5.74) is -0.0190. The van der Waals surface area contributed by atoms with Crippen molar-refractivity contribution in [2.75, 3.05) is 0 Å². The Balaban J connectivity index is 3.17. The Morgan fingerprint density at radius 1 is 1.15 bits per heavy atom. The zero-order valence-corrected chi connectivity index (χ0v) is 12.3. The smallest absolute Gasteiger partial charge is 0.258 e. The molecule has 0 saturated carbocycles. The van der Waals surface area contributed by atoms with Crippen molar-refractivity contribution in [1.29, 1.82) is 0 Å². The highest BCUT2D eigenvalue weighted by Crippen LogP contribution is 2.31. The molecule has 20 heavy (non-hydrogen) atoms. The first-order valence-corrected chi connectivity index (χ1v) is 6.73. The number of nitrogens with zero attached hydrogens (tertiary/aromatic N) is 2. The van der Waals surface area contributed by atoms with Crippen LogP contribution >= 0.6 is 11.6 Å². The summed E-state index contributed by atoms with van der Waals surface area (Å²) in [5.74, 6) is 0.328. The van der Waals surface area contributed by atoms with E-state index < -0.39 is 9.85 Å². The molecule has 110 valence electrons. The van der Waals surface area contributed by atoms with Crippen molar-refractivity contribution in [3.05, 3.63) is 44.0 Å². The van der Waals surface area contributed by atoms with Gasteiger partial charge in [0.2, 0.25) is 0 Å². The van der Waals surface area contributed by atoms with Crippen LogP contribution in [0.5, 0.6) is 0 Å². The first kappa shape index (κ1) is 16.4. The van der Waals surface area contributed by atoms with Gasteiger partial charge in [-0.15, -0.1) is 11.6 Å². The third kappa shape index (κ3) is 3.90. The molecule has 2 atom stereocenters. The van der Waals surface area contributed by atoms with E-state index in [1.165, 1.54) is 12.1 Å². The highest BCUT2D eigenvalue weighted by Gasteiger charge is 2.25. The van der Waals surface area contributed by atoms with Crippen LogP contribution in [0.15, 0.2) is 18.2 Å². The molecule has 0 saturated heterocycles. The molecule has 0 radical (unpaired) electrons. The summed E-state index contributed by atoms with van der Waals surface area (Å²) in [6.07, 6.45) is 0.427. The Bertz CT molecular complexity index is 509. The second-order valence-electron chi connectivity index (χ2n) is 5.12. The standard InChI is InChI=1S/C13H17ClN2O4/c1-8(2)12(9(3)14)6-10-4-5-11(15(17)18)7-13(10)16(19)20/h4-5,7-9,12H,6H2,1-3H3. The third-order valence-corrected chi connectivity index (χ3v) is 3.70. The van der Waals surface area contributed by atoms with Crippen LogP contribution < -0.4 is 0 Å². The number of halogens is 1. The van der Waals surface area contributed by atoms with Gasteiger partial charge in [0.25, 0.3) is 11.4 Å². The van der Waals surface area contributed by atoms with Crippen LogP contribution in [0.1, 0.15) is 26.3 Å². The van der Waals surface area contributed by atoms with Crippen LogP contribution in [-0.2, 0) is 6.42 Å². The molecule has 0 fully saturated rings. The fraction of sp³-hybridized carbons (Fsp3) is 0.538. The van der Waals surface area contributed by atoms with Gasteiger partial charge in [0, 0.05) is 17.0 Å². The van der Waals surface area contributed by atoms with Crippen LogP contribution in [-0.4, -0.2) is 15.2 Å². The molecule has 0 amide bonds. The van der Waals surface area contributed by atoms with E-state index in [1.54, 1.807) is 0 Å². The Labute approximate surface area is 122 Å². The van der Waals surface area contributed by atoms with Crippen LogP contribution in [0.3, 0.4) is 0 Å². The molecule has 1 aromatic carbocycles. The summed E-state index contributed by atoms with van der Waals surface area (Å²) in [6, 6.07) is 3.75. The van der Waals surface area contributed by atoms with E-state index in [2.05, 4.69) is 0 Å². The maximum absolute atomic E-state index is 11.1. The van der Waals surface area contributed by atoms with Crippen molar-refractivity contribution in [2.24, 2.45) is 11.8 Å². The fourth-order valence-corrected chi connectivity index (χ4v) is 2.57. The fourth-order valence-electron chi connectivity index (χ4n) is 2.19. The number of hydrogen-bond acceptors (Lipinski definition) is 4. The normalized spacial score (nSPS) is 14.1. The number of benzene rings is 1. The molecule has 7 heteroatoms. The van der Waals surface area contributed by atoms with E-state index >= 15 is 0 Å². The zero-order valence-electron chi connectivity index (χ0n) is 11.6. The molecule has 2 unspecified atom stereocenters. The van der Waals surface area contributed by atoms with Crippen molar-refractivity contribution < 1.29 is 9.85 Å². The van der Waals surface area contributed by atoms with Crippen molar-refractivity contribution >= 4 is 23.0 Å². The van der Waals surface area contributed by atoms with Crippen molar-refractivity contribution in [3.63, 3.8) is 0 Å². The number of hydrogen-bond donors (Lipinski definition) is 0. The van der Waals surface area contributed by atoms with Crippen LogP contribution in [0.25, 0.3) is 0 Å². The summed E-state index contributed by atoms with van der Waals surface area (Å²) in [7, 11) is 0. The monoisotopic (exact) mass is 300 g/mol. The molecule has 1 aromatic rings. The predicted molar refractivity (Wildman–Crippen MR) is 77.1 cm³/mol. The van der Waals surface area contributed by atoms with Crippen LogP contribution in [0.2, 0.25) is 0 Å². The number of nitro groups is 2. The first-order chi connectivity index (χ1) is 9.23. The van der Waals surface area contributed by atoms with Crippen molar-refractivity contribution in [1.82, 2.24) is 0 Å². The van der Waals surface area contributed by atoms with Gasteiger partial charge in [-0.05, 0) is 31.2 Å². The lowest BCUT2D eigenvalue weighted by atomic mass is 9.86. The van der Waals surface area contributed by atoms with Gasteiger partial charge < -0.3 is 0 Å². The Kier molecular flexibility index (Phi) is 5.44. The van der Waals surface area contributed by atoms with Crippen LogP contribution in [0.4, 0.5) is 11.4 Å². The Morgan fingerprint density at radius 3 is 2.15 bits per heavy atom. The van der Waals surface area contributed by atoms with E-state index in [9.17, 15) is 20.2 Å². The summed E-state index contributed by atoms with van der Waals surface area (Å²) in [6.45, 7) is 5.85. The van der Waals surface area contributed by atoms with Gasteiger partial charge in [-0.25, -0.2) is 0 Å². The van der Waals surface area contributed by atoms with E-state index in [0.29, 0.717) is 12.0 Å². The van der Waals surface area contributed by atoms with E-state index in [0.717, 1.165) is 6.07 Å². The molecule has 0 spiro atoms. The van der Waals surface area contributed by atoms with E-state index in [1.807, 2.05) is 20.8 Å². The molecule has 0 aliphatic heterocycles. The zero-order chi connectivity index (χ0) is 15.4. The highest BCUT2D eigenvalue weighted by molar-refractivity contribution is 6.20. The lowest BCUT2D eigenvalue weighted by Gasteiger charge is -2.23. The molecule has 0 bridgehead atoms. The van der Waals surface area contributed by atoms with Crippen LogP contribution in [0, 0.1) is 32.1 Å². The maximum Gasteiger partial charge on any atom is 0.279 e. The average molecular weight is 301 g/mol. The Hall–Kier alpha value is -1.69. The number of rotatable bonds is 6. The molecule has 0 N–H and O–H groups in total. The largest absolute Gasteiger partial charge is 0.279 e. The Morgan fingerprint density at radius 2 is 1.75 bits per heavy atom. The topological polar surface area (TPSA) is 86.3 Å². The molecule has 0 heterocycles. The van der Waals surface area contributed by atoms with Gasteiger partial charge in [-0.1, -0.05) is 13.8 Å². The summed E-state index contributed by atoms with van der Waals surface area (Å²) < 4.78 is 0. The predicted octanol–water partition coefficient (Wildman–Crippen LogP) is 3.95. The summed E-state index contributed by atoms with van der Waals surface area (Å²) >= 11 is 6.12. The average Bonchev–Trinajstić information content (AvgIpc) is 2.34. The van der Waals surface area contributed by atoms with Gasteiger partial charge in [-0.3, -0.25) is 20.2 Å². The summed E-state index contributed by atoms with van der Waals surface area (Å²) in [5, 5.41) is 21.6. The van der Waals surface area contributed by atoms with Crippen molar-refractivity contribution in [2.45, 2.75) is 32.6 Å².